The molecule has 0 aliphatic carbocycles. The fourth-order valence-corrected chi connectivity index (χ4v) is 3.03. The molecule has 0 saturated carbocycles. The SMILES string of the molecule is CCC(C)n1c(Cc2ccc(Cl)cc2)nc2cc(C(F)(F)F)ccc21. The number of benzene rings is 2. The first-order valence-corrected chi connectivity index (χ1v) is 8.50. The molecule has 0 aliphatic heterocycles. The second-order valence-electron chi connectivity index (χ2n) is 6.16. The number of aromatic nitrogens is 2. The molecule has 2 nitrogen and oxygen atoms in total. The smallest absolute Gasteiger partial charge is 0.325 e. The maximum absolute atomic E-state index is 13.0. The second-order valence-corrected chi connectivity index (χ2v) is 6.60. The normalized spacial score (nSPS) is 13.4. The number of hydrogen-bond acceptors (Lipinski definition) is 1. The monoisotopic (exact) mass is 366 g/mol. The minimum absolute atomic E-state index is 0.143. The molecule has 0 saturated heterocycles. The summed E-state index contributed by atoms with van der Waals surface area (Å²) in [4.78, 5) is 4.50. The molecule has 6 heteroatoms. The van der Waals surface area contributed by atoms with Crippen molar-refractivity contribution in [1.82, 2.24) is 9.55 Å². The summed E-state index contributed by atoms with van der Waals surface area (Å²) in [5.41, 5.74) is 1.44. The Kier molecular flexibility index (Phi) is 4.78. The van der Waals surface area contributed by atoms with Crippen LogP contribution in [0, 0.1) is 0 Å². The van der Waals surface area contributed by atoms with Crippen LogP contribution in [-0.4, -0.2) is 9.55 Å². The maximum Gasteiger partial charge on any atom is 0.416 e. The first-order chi connectivity index (χ1) is 11.8. The average molecular weight is 367 g/mol. The topological polar surface area (TPSA) is 17.8 Å². The van der Waals surface area contributed by atoms with Crippen molar-refractivity contribution in [2.75, 3.05) is 0 Å². The third-order valence-electron chi connectivity index (χ3n) is 4.40. The van der Waals surface area contributed by atoms with Crippen LogP contribution in [0.3, 0.4) is 0 Å². The number of nitrogens with zero attached hydrogens (tertiary/aromatic N) is 2. The molecule has 0 amide bonds. The minimum Gasteiger partial charge on any atom is -0.325 e. The predicted molar refractivity (Wildman–Crippen MR) is 94.0 cm³/mol. The fourth-order valence-electron chi connectivity index (χ4n) is 2.91. The van der Waals surface area contributed by atoms with Crippen molar-refractivity contribution in [3.05, 3.63) is 64.4 Å². The van der Waals surface area contributed by atoms with E-state index in [0.717, 1.165) is 35.5 Å². The molecule has 3 aromatic rings. The highest BCUT2D eigenvalue weighted by molar-refractivity contribution is 6.30. The summed E-state index contributed by atoms with van der Waals surface area (Å²) in [6, 6.07) is 11.3. The van der Waals surface area contributed by atoms with Gasteiger partial charge in [0, 0.05) is 17.5 Å². The van der Waals surface area contributed by atoms with Crippen LogP contribution in [0.2, 0.25) is 5.02 Å². The van der Waals surface area contributed by atoms with Crippen LogP contribution in [0.4, 0.5) is 13.2 Å². The van der Waals surface area contributed by atoms with Gasteiger partial charge < -0.3 is 4.57 Å². The van der Waals surface area contributed by atoms with Gasteiger partial charge in [0.1, 0.15) is 5.82 Å². The van der Waals surface area contributed by atoms with Gasteiger partial charge in [-0.2, -0.15) is 13.2 Å². The van der Waals surface area contributed by atoms with Gasteiger partial charge in [0.05, 0.1) is 16.6 Å². The molecule has 0 radical (unpaired) electrons. The van der Waals surface area contributed by atoms with E-state index in [9.17, 15) is 13.2 Å². The summed E-state index contributed by atoms with van der Waals surface area (Å²) in [6.45, 7) is 4.09. The molecular weight excluding hydrogens is 349 g/mol. The Morgan fingerprint density at radius 1 is 1.12 bits per heavy atom. The highest BCUT2D eigenvalue weighted by atomic mass is 35.5. The fraction of sp³-hybridized carbons (Fsp3) is 0.316. The molecule has 1 atom stereocenters. The predicted octanol–water partition coefficient (Wildman–Crippen LogP) is 6.27. The lowest BCUT2D eigenvalue weighted by atomic mass is 10.1. The van der Waals surface area contributed by atoms with Crippen LogP contribution in [0.25, 0.3) is 11.0 Å². The van der Waals surface area contributed by atoms with E-state index < -0.39 is 11.7 Å². The first kappa shape index (κ1) is 17.8. The van der Waals surface area contributed by atoms with Gasteiger partial charge >= 0.3 is 6.18 Å². The quantitative estimate of drug-likeness (QED) is 0.532. The van der Waals surface area contributed by atoms with Gasteiger partial charge in [0.15, 0.2) is 0 Å². The Balaban J connectivity index is 2.10. The van der Waals surface area contributed by atoms with Gasteiger partial charge in [-0.15, -0.1) is 0 Å². The molecule has 1 heterocycles. The lowest BCUT2D eigenvalue weighted by Gasteiger charge is -2.16. The number of alkyl halides is 3. The number of fused-ring (bicyclic) bond motifs is 1. The zero-order chi connectivity index (χ0) is 18.2. The van der Waals surface area contributed by atoms with E-state index in [1.54, 1.807) is 12.1 Å². The Labute approximate surface area is 149 Å². The van der Waals surface area contributed by atoms with Gasteiger partial charge in [0.2, 0.25) is 0 Å². The Hall–Kier alpha value is -2.01. The van der Waals surface area contributed by atoms with E-state index in [2.05, 4.69) is 4.98 Å². The van der Waals surface area contributed by atoms with Crippen LogP contribution in [0.5, 0.6) is 0 Å². The number of imidazole rings is 1. The van der Waals surface area contributed by atoms with Crippen molar-refractivity contribution in [3.8, 4) is 0 Å². The van der Waals surface area contributed by atoms with Crippen LogP contribution in [-0.2, 0) is 12.6 Å². The van der Waals surface area contributed by atoms with E-state index in [1.807, 2.05) is 30.5 Å². The third-order valence-corrected chi connectivity index (χ3v) is 4.65. The van der Waals surface area contributed by atoms with Gasteiger partial charge in [-0.05, 0) is 49.2 Å². The van der Waals surface area contributed by atoms with Crippen LogP contribution >= 0.6 is 11.6 Å². The molecule has 0 spiro atoms. The van der Waals surface area contributed by atoms with E-state index >= 15 is 0 Å². The standard InChI is InChI=1S/C19H18ClF3N2/c1-3-12(2)25-17-9-6-14(19(21,22)23)11-16(17)24-18(25)10-13-4-7-15(20)8-5-13/h4-9,11-12H,3,10H2,1-2H3. The first-order valence-electron chi connectivity index (χ1n) is 8.12. The van der Waals surface area contributed by atoms with Crippen LogP contribution in [0.15, 0.2) is 42.5 Å². The molecule has 1 unspecified atom stereocenters. The molecule has 25 heavy (non-hydrogen) atoms. The molecule has 0 aliphatic rings. The van der Waals surface area contributed by atoms with E-state index in [4.69, 9.17) is 11.6 Å². The summed E-state index contributed by atoms with van der Waals surface area (Å²) in [6.07, 6.45) is -2.97. The van der Waals surface area contributed by atoms with E-state index in [0.29, 0.717) is 17.0 Å². The summed E-state index contributed by atoms with van der Waals surface area (Å²) < 4.78 is 41.0. The lowest BCUT2D eigenvalue weighted by Crippen LogP contribution is -2.09. The highest BCUT2D eigenvalue weighted by Gasteiger charge is 2.31. The van der Waals surface area contributed by atoms with Gasteiger partial charge in [-0.3, -0.25) is 0 Å². The van der Waals surface area contributed by atoms with Crippen molar-refractivity contribution < 1.29 is 13.2 Å². The largest absolute Gasteiger partial charge is 0.416 e. The molecule has 132 valence electrons. The van der Waals surface area contributed by atoms with Crippen molar-refractivity contribution in [2.45, 2.75) is 38.9 Å². The van der Waals surface area contributed by atoms with Crippen molar-refractivity contribution in [3.63, 3.8) is 0 Å². The molecule has 0 bridgehead atoms. The summed E-state index contributed by atoms with van der Waals surface area (Å²) in [5.74, 6) is 0.756. The van der Waals surface area contributed by atoms with Crippen LogP contribution < -0.4 is 0 Å². The number of rotatable bonds is 4. The minimum atomic E-state index is -4.37. The number of halogens is 4. The second kappa shape index (κ2) is 6.71. The molecule has 0 N–H and O–H groups in total. The zero-order valence-corrected chi connectivity index (χ0v) is 14.7. The molecule has 2 aromatic carbocycles. The molecular formula is C19H18ClF3N2. The highest BCUT2D eigenvalue weighted by Crippen LogP contribution is 2.33. The van der Waals surface area contributed by atoms with Crippen molar-refractivity contribution in [2.24, 2.45) is 0 Å². The summed E-state index contributed by atoms with van der Waals surface area (Å²) >= 11 is 5.92. The molecule has 0 fully saturated rings. The Bertz CT molecular complexity index is 882. The van der Waals surface area contributed by atoms with Crippen molar-refractivity contribution in [1.29, 1.82) is 0 Å². The Morgan fingerprint density at radius 3 is 2.40 bits per heavy atom. The average Bonchev–Trinajstić information content (AvgIpc) is 2.92. The zero-order valence-electron chi connectivity index (χ0n) is 13.9. The lowest BCUT2D eigenvalue weighted by molar-refractivity contribution is -0.137. The summed E-state index contributed by atoms with van der Waals surface area (Å²) in [7, 11) is 0. The third kappa shape index (κ3) is 3.66. The van der Waals surface area contributed by atoms with Gasteiger partial charge in [-0.25, -0.2) is 4.98 Å². The molecule has 3 rings (SSSR count). The van der Waals surface area contributed by atoms with E-state index in [1.165, 1.54) is 6.07 Å². The van der Waals surface area contributed by atoms with E-state index in [-0.39, 0.29) is 6.04 Å². The molecule has 1 aromatic heterocycles. The van der Waals surface area contributed by atoms with Gasteiger partial charge in [-0.1, -0.05) is 30.7 Å². The summed E-state index contributed by atoms with van der Waals surface area (Å²) in [5, 5.41) is 0.647. The Morgan fingerprint density at radius 2 is 1.80 bits per heavy atom. The number of hydrogen-bond donors (Lipinski definition) is 0. The van der Waals surface area contributed by atoms with Crippen molar-refractivity contribution >= 4 is 22.6 Å². The maximum atomic E-state index is 13.0. The van der Waals surface area contributed by atoms with Crippen LogP contribution in [0.1, 0.15) is 43.3 Å². The van der Waals surface area contributed by atoms with Gasteiger partial charge in [0.25, 0.3) is 0 Å².